The maximum atomic E-state index is 13.3. The lowest BCUT2D eigenvalue weighted by molar-refractivity contribution is -0.136. The quantitative estimate of drug-likeness (QED) is 0.554. The lowest BCUT2D eigenvalue weighted by atomic mass is 10.0. The molecular formula is C16H15F2NO6S. The second-order valence-corrected chi connectivity index (χ2v) is 7.17. The number of ether oxygens (including phenoxy) is 2. The SMILES string of the molecule is O=C(NCc1cccc2c(OCC3CO3)cccc12)C(F)(F)S(=O)(=O)O. The van der Waals surface area contributed by atoms with Crippen LogP contribution < -0.4 is 10.1 Å². The molecule has 1 atom stereocenters. The Balaban J connectivity index is 1.80. The van der Waals surface area contributed by atoms with E-state index in [-0.39, 0.29) is 12.6 Å². The van der Waals surface area contributed by atoms with E-state index >= 15 is 0 Å². The van der Waals surface area contributed by atoms with Gasteiger partial charge in [-0.1, -0.05) is 30.3 Å². The summed E-state index contributed by atoms with van der Waals surface area (Å²) in [6, 6.07) is 10.2. The molecule has 1 aliphatic heterocycles. The zero-order chi connectivity index (χ0) is 18.9. The van der Waals surface area contributed by atoms with Crippen molar-refractivity contribution < 1.29 is 36.0 Å². The number of benzene rings is 2. The van der Waals surface area contributed by atoms with Crippen molar-refractivity contribution in [3.8, 4) is 5.75 Å². The summed E-state index contributed by atoms with van der Waals surface area (Å²) in [6.07, 6.45) is 0.0652. The average Bonchev–Trinajstić information content (AvgIpc) is 3.41. The lowest BCUT2D eigenvalue weighted by Gasteiger charge is -2.14. The molecule has 2 N–H and O–H groups in total. The van der Waals surface area contributed by atoms with Gasteiger partial charge >= 0.3 is 21.3 Å². The minimum atomic E-state index is -5.84. The van der Waals surface area contributed by atoms with E-state index in [1.54, 1.807) is 36.4 Å². The van der Waals surface area contributed by atoms with E-state index in [1.807, 2.05) is 5.32 Å². The Morgan fingerprint density at radius 2 is 1.92 bits per heavy atom. The van der Waals surface area contributed by atoms with Crippen LogP contribution in [0.15, 0.2) is 36.4 Å². The number of rotatable bonds is 7. The monoisotopic (exact) mass is 387 g/mol. The molecule has 0 aromatic heterocycles. The van der Waals surface area contributed by atoms with Crippen LogP contribution in [-0.2, 0) is 26.2 Å². The molecule has 3 rings (SSSR count). The number of hydrogen-bond acceptors (Lipinski definition) is 5. The number of nitrogens with one attached hydrogen (secondary N) is 1. The van der Waals surface area contributed by atoms with Crippen LogP contribution in [0, 0.1) is 0 Å². The number of fused-ring (bicyclic) bond motifs is 1. The summed E-state index contributed by atoms with van der Waals surface area (Å²) in [4.78, 5) is 11.4. The fourth-order valence-electron chi connectivity index (χ4n) is 2.37. The summed E-state index contributed by atoms with van der Waals surface area (Å²) in [5.74, 6) is -1.52. The van der Waals surface area contributed by atoms with Crippen molar-refractivity contribution in [3.63, 3.8) is 0 Å². The Morgan fingerprint density at radius 1 is 1.27 bits per heavy atom. The van der Waals surface area contributed by atoms with Gasteiger partial charge in [0.2, 0.25) is 0 Å². The average molecular weight is 387 g/mol. The first-order chi connectivity index (χ1) is 12.2. The molecule has 1 aliphatic rings. The van der Waals surface area contributed by atoms with Crippen LogP contribution in [0.5, 0.6) is 5.75 Å². The van der Waals surface area contributed by atoms with Crippen LogP contribution in [0.3, 0.4) is 0 Å². The van der Waals surface area contributed by atoms with Crippen LogP contribution >= 0.6 is 0 Å². The number of amides is 1. The maximum Gasteiger partial charge on any atom is 0.446 e. The van der Waals surface area contributed by atoms with Crippen molar-refractivity contribution in [3.05, 3.63) is 42.0 Å². The van der Waals surface area contributed by atoms with Gasteiger partial charge < -0.3 is 14.8 Å². The van der Waals surface area contributed by atoms with Crippen LogP contribution in [0.2, 0.25) is 0 Å². The molecular weight excluding hydrogens is 372 g/mol. The molecule has 7 nitrogen and oxygen atoms in total. The Morgan fingerprint density at radius 3 is 2.58 bits per heavy atom. The molecule has 2 aromatic rings. The molecule has 140 valence electrons. The van der Waals surface area contributed by atoms with E-state index in [4.69, 9.17) is 14.0 Å². The van der Waals surface area contributed by atoms with Gasteiger partial charge in [0, 0.05) is 11.9 Å². The molecule has 1 unspecified atom stereocenters. The van der Waals surface area contributed by atoms with E-state index in [0.29, 0.717) is 35.3 Å². The molecule has 0 aliphatic carbocycles. The summed E-state index contributed by atoms with van der Waals surface area (Å²) in [6.45, 7) is 0.682. The van der Waals surface area contributed by atoms with Gasteiger partial charge in [-0.2, -0.15) is 17.2 Å². The molecule has 0 radical (unpaired) electrons. The number of carbonyl (C=O) groups is 1. The summed E-state index contributed by atoms with van der Waals surface area (Å²) < 4.78 is 67.1. The number of alkyl halides is 2. The van der Waals surface area contributed by atoms with Crippen molar-refractivity contribution in [1.82, 2.24) is 5.32 Å². The number of halogens is 2. The number of epoxide rings is 1. The van der Waals surface area contributed by atoms with E-state index < -0.39 is 21.3 Å². The van der Waals surface area contributed by atoms with Crippen LogP contribution in [0.1, 0.15) is 5.56 Å². The highest BCUT2D eigenvalue weighted by Gasteiger charge is 2.52. The predicted molar refractivity (Wildman–Crippen MR) is 87.5 cm³/mol. The zero-order valence-corrected chi connectivity index (χ0v) is 14.1. The van der Waals surface area contributed by atoms with Crippen molar-refractivity contribution in [2.24, 2.45) is 0 Å². The molecule has 0 bridgehead atoms. The van der Waals surface area contributed by atoms with Gasteiger partial charge in [0.25, 0.3) is 0 Å². The van der Waals surface area contributed by atoms with Crippen LogP contribution in [0.4, 0.5) is 8.78 Å². The van der Waals surface area contributed by atoms with Gasteiger partial charge in [-0.15, -0.1) is 0 Å². The van der Waals surface area contributed by atoms with E-state index in [1.165, 1.54) is 0 Å². The molecule has 1 amide bonds. The standard InChI is InChI=1S/C16H15F2NO6S/c17-16(18,26(21,22)23)15(20)19-7-10-3-1-5-13-12(10)4-2-6-14(13)25-9-11-8-24-11/h1-6,11H,7-9H2,(H,19,20)(H,21,22,23). The van der Waals surface area contributed by atoms with Gasteiger partial charge in [-0.3, -0.25) is 9.35 Å². The highest BCUT2D eigenvalue weighted by molar-refractivity contribution is 7.87. The molecule has 10 heteroatoms. The van der Waals surface area contributed by atoms with Crippen LogP contribution in [0.25, 0.3) is 10.8 Å². The highest BCUT2D eigenvalue weighted by Crippen LogP contribution is 2.29. The Bertz CT molecular complexity index is 943. The van der Waals surface area contributed by atoms with E-state index in [0.717, 1.165) is 0 Å². The number of hydrogen-bond donors (Lipinski definition) is 2. The first-order valence-corrected chi connectivity index (χ1v) is 9.02. The fraction of sp³-hybridized carbons (Fsp3) is 0.312. The second-order valence-electron chi connectivity index (χ2n) is 5.71. The summed E-state index contributed by atoms with van der Waals surface area (Å²) in [7, 11) is -5.84. The molecule has 2 aromatic carbocycles. The lowest BCUT2D eigenvalue weighted by Crippen LogP contribution is -2.45. The predicted octanol–water partition coefficient (Wildman–Crippen LogP) is 1.71. The first-order valence-electron chi connectivity index (χ1n) is 7.58. The van der Waals surface area contributed by atoms with Crippen molar-refractivity contribution in [2.75, 3.05) is 13.2 Å². The topological polar surface area (TPSA) is 105 Å². The molecule has 1 fully saturated rings. The first kappa shape index (κ1) is 18.5. The third-order valence-electron chi connectivity index (χ3n) is 3.83. The second kappa shape index (κ2) is 6.78. The smallest absolute Gasteiger partial charge is 0.446 e. The summed E-state index contributed by atoms with van der Waals surface area (Å²) in [5.41, 5.74) is 0.482. The Labute approximate surface area is 147 Å². The largest absolute Gasteiger partial charge is 0.490 e. The van der Waals surface area contributed by atoms with E-state index in [9.17, 15) is 22.0 Å². The van der Waals surface area contributed by atoms with Gasteiger partial charge in [0.15, 0.2) is 0 Å². The van der Waals surface area contributed by atoms with Crippen molar-refractivity contribution in [2.45, 2.75) is 17.9 Å². The normalized spacial score (nSPS) is 17.1. The highest BCUT2D eigenvalue weighted by atomic mass is 32.2. The summed E-state index contributed by atoms with van der Waals surface area (Å²) >= 11 is 0. The summed E-state index contributed by atoms with van der Waals surface area (Å²) in [5, 5.41) is -1.73. The molecule has 0 spiro atoms. The molecule has 1 heterocycles. The van der Waals surface area contributed by atoms with Crippen LogP contribution in [-0.4, -0.2) is 43.5 Å². The van der Waals surface area contributed by atoms with Gasteiger partial charge in [0.1, 0.15) is 18.5 Å². The minimum absolute atomic E-state index is 0.0652. The molecule has 1 saturated heterocycles. The minimum Gasteiger partial charge on any atom is -0.490 e. The Hall–Kier alpha value is -2.30. The molecule has 26 heavy (non-hydrogen) atoms. The van der Waals surface area contributed by atoms with Gasteiger partial charge in [-0.05, 0) is 17.0 Å². The molecule has 0 saturated carbocycles. The maximum absolute atomic E-state index is 13.3. The van der Waals surface area contributed by atoms with Gasteiger partial charge in [0.05, 0.1) is 6.61 Å². The fourth-order valence-corrected chi connectivity index (χ4v) is 2.68. The number of carbonyl (C=O) groups excluding carboxylic acids is 1. The van der Waals surface area contributed by atoms with Crippen molar-refractivity contribution >= 4 is 26.8 Å². The third kappa shape index (κ3) is 3.76. The third-order valence-corrected chi connectivity index (χ3v) is 4.66. The van der Waals surface area contributed by atoms with Crippen molar-refractivity contribution in [1.29, 1.82) is 0 Å². The van der Waals surface area contributed by atoms with Gasteiger partial charge in [-0.25, -0.2) is 0 Å². The van der Waals surface area contributed by atoms with E-state index in [2.05, 4.69) is 0 Å². The Kier molecular flexibility index (Phi) is 4.82. The zero-order valence-electron chi connectivity index (χ0n) is 13.3.